The molecule has 1 amide bonds. The maximum atomic E-state index is 12.3. The molecule has 0 radical (unpaired) electrons. The summed E-state index contributed by atoms with van der Waals surface area (Å²) in [5, 5.41) is 8.12. The van der Waals surface area contributed by atoms with Gasteiger partial charge >= 0.3 is 6.09 Å². The van der Waals surface area contributed by atoms with Crippen molar-refractivity contribution < 1.29 is 17.9 Å². The number of piperidine rings is 1. The van der Waals surface area contributed by atoms with E-state index in [-0.39, 0.29) is 18.7 Å². The number of likely N-dealkylation sites (tertiary alicyclic amines) is 1. The van der Waals surface area contributed by atoms with Gasteiger partial charge in [0.05, 0.1) is 0 Å². The molecule has 1 atom stereocenters. The predicted molar refractivity (Wildman–Crippen MR) is 115 cm³/mol. The van der Waals surface area contributed by atoms with Crippen LogP contribution in [0.2, 0.25) is 0 Å². The Morgan fingerprint density at radius 3 is 2.76 bits per heavy atom. The molecule has 3 N–H and O–H groups in total. The van der Waals surface area contributed by atoms with E-state index in [0.717, 1.165) is 12.8 Å². The van der Waals surface area contributed by atoms with Gasteiger partial charge in [0, 0.05) is 39.3 Å². The number of amides is 1. The van der Waals surface area contributed by atoms with E-state index >= 15 is 0 Å². The third-order valence-electron chi connectivity index (χ3n) is 4.11. The fourth-order valence-corrected chi connectivity index (χ4v) is 4.90. The van der Waals surface area contributed by atoms with Crippen LogP contribution in [0.25, 0.3) is 0 Å². The SMILES string of the molecule is CN=C(NCCNS(=O)(=O)c1cccs1)NC1CCCN(C(=O)OC(C)(C)C)C1. The van der Waals surface area contributed by atoms with E-state index in [0.29, 0.717) is 29.8 Å². The van der Waals surface area contributed by atoms with Crippen molar-refractivity contribution in [3.05, 3.63) is 17.5 Å². The zero-order chi connectivity index (χ0) is 21.5. The molecule has 0 aliphatic carbocycles. The first-order valence-electron chi connectivity index (χ1n) is 9.59. The summed E-state index contributed by atoms with van der Waals surface area (Å²) in [7, 11) is -1.82. The number of ether oxygens (including phenoxy) is 1. The molecule has 0 bridgehead atoms. The van der Waals surface area contributed by atoms with Gasteiger partial charge in [-0.25, -0.2) is 17.9 Å². The lowest BCUT2D eigenvalue weighted by molar-refractivity contribution is 0.0193. The van der Waals surface area contributed by atoms with Crippen molar-refractivity contribution in [2.75, 3.05) is 33.2 Å². The molecule has 1 saturated heterocycles. The van der Waals surface area contributed by atoms with Crippen LogP contribution in [0.5, 0.6) is 0 Å². The lowest BCUT2D eigenvalue weighted by Crippen LogP contribution is -2.53. The van der Waals surface area contributed by atoms with Gasteiger partial charge in [0.15, 0.2) is 5.96 Å². The largest absolute Gasteiger partial charge is 0.444 e. The van der Waals surface area contributed by atoms with Gasteiger partial charge in [0.2, 0.25) is 10.0 Å². The quantitative estimate of drug-likeness (QED) is 0.348. The molecule has 1 aliphatic rings. The summed E-state index contributed by atoms with van der Waals surface area (Å²) in [5.74, 6) is 0.566. The van der Waals surface area contributed by atoms with E-state index in [9.17, 15) is 13.2 Å². The van der Waals surface area contributed by atoms with Crippen LogP contribution in [0.1, 0.15) is 33.6 Å². The number of thiophene rings is 1. The molecule has 1 unspecified atom stereocenters. The van der Waals surface area contributed by atoms with Crippen LogP contribution < -0.4 is 15.4 Å². The normalized spacial score (nSPS) is 18.4. The molecule has 1 aromatic heterocycles. The summed E-state index contributed by atoms with van der Waals surface area (Å²) in [6.45, 7) is 7.36. The highest BCUT2D eigenvalue weighted by Gasteiger charge is 2.28. The Morgan fingerprint density at radius 1 is 1.38 bits per heavy atom. The summed E-state index contributed by atoms with van der Waals surface area (Å²) >= 11 is 1.18. The lowest BCUT2D eigenvalue weighted by atomic mass is 10.1. The maximum Gasteiger partial charge on any atom is 0.410 e. The first-order chi connectivity index (χ1) is 13.6. The van der Waals surface area contributed by atoms with Crippen molar-refractivity contribution in [2.45, 2.75) is 49.5 Å². The summed E-state index contributed by atoms with van der Waals surface area (Å²) in [6.07, 6.45) is 1.47. The van der Waals surface area contributed by atoms with Gasteiger partial charge in [-0.2, -0.15) is 0 Å². The van der Waals surface area contributed by atoms with Crippen LogP contribution in [0.15, 0.2) is 26.7 Å². The number of nitrogens with zero attached hydrogens (tertiary/aromatic N) is 2. The molecule has 9 nitrogen and oxygen atoms in total. The Labute approximate surface area is 177 Å². The molecule has 11 heteroatoms. The molecule has 1 aliphatic heterocycles. The summed E-state index contributed by atoms with van der Waals surface area (Å²) in [4.78, 5) is 18.2. The molecule has 1 aromatic rings. The number of sulfonamides is 1. The van der Waals surface area contributed by atoms with Crippen molar-refractivity contribution >= 4 is 33.4 Å². The van der Waals surface area contributed by atoms with E-state index in [1.165, 1.54) is 11.3 Å². The van der Waals surface area contributed by atoms with E-state index in [2.05, 4.69) is 20.3 Å². The van der Waals surface area contributed by atoms with Gasteiger partial charge in [-0.3, -0.25) is 4.99 Å². The molecule has 0 saturated carbocycles. The van der Waals surface area contributed by atoms with Crippen LogP contribution in [0.3, 0.4) is 0 Å². The van der Waals surface area contributed by atoms with Crippen LogP contribution in [-0.2, 0) is 14.8 Å². The molecule has 29 heavy (non-hydrogen) atoms. The third kappa shape index (κ3) is 7.82. The molecule has 2 rings (SSSR count). The second kappa shape index (κ2) is 10.3. The topological polar surface area (TPSA) is 112 Å². The number of hydrogen-bond donors (Lipinski definition) is 3. The van der Waals surface area contributed by atoms with E-state index < -0.39 is 15.6 Å². The molecule has 0 spiro atoms. The minimum absolute atomic E-state index is 0.0466. The van der Waals surface area contributed by atoms with E-state index in [4.69, 9.17) is 4.74 Å². The van der Waals surface area contributed by atoms with Crippen LogP contribution in [0, 0.1) is 0 Å². The van der Waals surface area contributed by atoms with Crippen molar-refractivity contribution in [1.82, 2.24) is 20.3 Å². The average Bonchev–Trinajstić information content (AvgIpc) is 3.19. The molecule has 164 valence electrons. The molecule has 2 heterocycles. The predicted octanol–water partition coefficient (Wildman–Crippen LogP) is 1.59. The Balaban J connectivity index is 1.77. The Kier molecular flexibility index (Phi) is 8.29. The number of rotatable bonds is 6. The highest BCUT2D eigenvalue weighted by Crippen LogP contribution is 2.16. The minimum atomic E-state index is -3.47. The highest BCUT2D eigenvalue weighted by atomic mass is 32.2. The second-order valence-electron chi connectivity index (χ2n) is 7.74. The Morgan fingerprint density at radius 2 is 2.14 bits per heavy atom. The monoisotopic (exact) mass is 445 g/mol. The van der Waals surface area contributed by atoms with Crippen molar-refractivity contribution in [1.29, 1.82) is 0 Å². The Bertz CT molecular complexity index is 788. The lowest BCUT2D eigenvalue weighted by Gasteiger charge is -2.35. The van der Waals surface area contributed by atoms with Gasteiger partial charge in [-0.1, -0.05) is 6.07 Å². The number of hydrogen-bond acceptors (Lipinski definition) is 6. The first-order valence-corrected chi connectivity index (χ1v) is 12.0. The van der Waals surface area contributed by atoms with Gasteiger partial charge < -0.3 is 20.3 Å². The molecular weight excluding hydrogens is 414 g/mol. The maximum absolute atomic E-state index is 12.3. The standard InChI is InChI=1S/C18H31N5O4S2/c1-18(2,3)27-17(24)23-11-5-7-14(13-23)22-16(19-4)20-9-10-21-29(25,26)15-8-6-12-28-15/h6,8,12,14,21H,5,7,9-11,13H2,1-4H3,(H2,19,20,22). The zero-order valence-electron chi connectivity index (χ0n) is 17.4. The van der Waals surface area contributed by atoms with Crippen LogP contribution in [-0.4, -0.2) is 70.2 Å². The number of nitrogens with one attached hydrogen (secondary N) is 3. The molecular formula is C18H31N5O4S2. The van der Waals surface area contributed by atoms with Crippen molar-refractivity contribution in [2.24, 2.45) is 4.99 Å². The van der Waals surface area contributed by atoms with Crippen LogP contribution >= 0.6 is 11.3 Å². The summed E-state index contributed by atoms with van der Waals surface area (Å²) in [6, 6.07) is 3.32. The van der Waals surface area contributed by atoms with Gasteiger partial charge in [-0.15, -0.1) is 11.3 Å². The highest BCUT2D eigenvalue weighted by molar-refractivity contribution is 7.91. The minimum Gasteiger partial charge on any atom is -0.444 e. The first kappa shape index (κ1) is 23.4. The van der Waals surface area contributed by atoms with Gasteiger partial charge in [-0.05, 0) is 45.1 Å². The smallest absolute Gasteiger partial charge is 0.410 e. The summed E-state index contributed by atoms with van der Waals surface area (Å²) in [5.41, 5.74) is -0.522. The average molecular weight is 446 g/mol. The fraction of sp³-hybridized carbons (Fsp3) is 0.667. The molecule has 0 aromatic carbocycles. The summed E-state index contributed by atoms with van der Waals surface area (Å²) < 4.78 is 32.5. The van der Waals surface area contributed by atoms with Gasteiger partial charge in [0.1, 0.15) is 9.81 Å². The second-order valence-corrected chi connectivity index (χ2v) is 10.7. The Hall–Kier alpha value is -1.85. The zero-order valence-corrected chi connectivity index (χ0v) is 19.0. The number of aliphatic imine (C=N–C) groups is 1. The van der Waals surface area contributed by atoms with E-state index in [1.54, 1.807) is 29.5 Å². The van der Waals surface area contributed by atoms with Crippen LogP contribution in [0.4, 0.5) is 4.79 Å². The number of carbonyl (C=O) groups is 1. The number of carbonyl (C=O) groups excluding carboxylic acids is 1. The van der Waals surface area contributed by atoms with Crippen molar-refractivity contribution in [3.8, 4) is 0 Å². The number of guanidine groups is 1. The fourth-order valence-electron chi connectivity index (χ4n) is 2.83. The van der Waals surface area contributed by atoms with Gasteiger partial charge in [0.25, 0.3) is 0 Å². The van der Waals surface area contributed by atoms with Crippen molar-refractivity contribution in [3.63, 3.8) is 0 Å². The third-order valence-corrected chi connectivity index (χ3v) is 6.97. The molecule has 1 fully saturated rings. The van der Waals surface area contributed by atoms with E-state index in [1.807, 2.05) is 20.8 Å².